The SMILES string of the molecule is OCOc1ccc2ccc3cccc4ccc1c2c34. The fourth-order valence-electron chi connectivity index (χ4n) is 2.90. The van der Waals surface area contributed by atoms with E-state index in [1.165, 1.54) is 26.9 Å². The van der Waals surface area contributed by atoms with E-state index in [1.807, 2.05) is 12.1 Å². The van der Waals surface area contributed by atoms with E-state index in [4.69, 9.17) is 9.84 Å². The van der Waals surface area contributed by atoms with Gasteiger partial charge >= 0.3 is 0 Å². The van der Waals surface area contributed by atoms with Gasteiger partial charge < -0.3 is 9.84 Å². The largest absolute Gasteiger partial charge is 0.467 e. The molecular weight excluding hydrogens is 236 g/mol. The van der Waals surface area contributed by atoms with Gasteiger partial charge in [0.1, 0.15) is 5.75 Å². The van der Waals surface area contributed by atoms with Crippen LogP contribution in [0.4, 0.5) is 0 Å². The molecule has 4 aromatic rings. The Morgan fingerprint density at radius 2 is 1.37 bits per heavy atom. The molecule has 0 unspecified atom stereocenters. The molecule has 19 heavy (non-hydrogen) atoms. The number of rotatable bonds is 2. The van der Waals surface area contributed by atoms with Crippen LogP contribution in [-0.2, 0) is 0 Å². The van der Waals surface area contributed by atoms with Crippen LogP contribution in [0.1, 0.15) is 0 Å². The highest BCUT2D eigenvalue weighted by Gasteiger charge is 2.10. The van der Waals surface area contributed by atoms with Gasteiger partial charge in [-0.05, 0) is 33.7 Å². The van der Waals surface area contributed by atoms with Crippen molar-refractivity contribution >= 4 is 32.3 Å². The third-order valence-corrected chi connectivity index (χ3v) is 3.71. The molecule has 1 N–H and O–H groups in total. The summed E-state index contributed by atoms with van der Waals surface area (Å²) in [6.45, 7) is -0.302. The molecule has 2 heteroatoms. The summed E-state index contributed by atoms with van der Waals surface area (Å²) < 4.78 is 5.32. The summed E-state index contributed by atoms with van der Waals surface area (Å²) in [5, 5.41) is 16.2. The van der Waals surface area contributed by atoms with Crippen molar-refractivity contribution in [3.63, 3.8) is 0 Å². The molecule has 0 atom stereocenters. The van der Waals surface area contributed by atoms with E-state index >= 15 is 0 Å². The topological polar surface area (TPSA) is 29.5 Å². The molecule has 4 rings (SSSR count). The first kappa shape index (κ1) is 10.6. The van der Waals surface area contributed by atoms with E-state index in [2.05, 4.69) is 42.5 Å². The Hall–Kier alpha value is -2.32. The molecule has 0 fully saturated rings. The van der Waals surface area contributed by atoms with Gasteiger partial charge in [0.2, 0.25) is 0 Å². The second-order valence-corrected chi connectivity index (χ2v) is 4.69. The first-order chi connectivity index (χ1) is 9.38. The maximum absolute atomic E-state index is 8.99. The Morgan fingerprint density at radius 3 is 2.11 bits per heavy atom. The van der Waals surface area contributed by atoms with Crippen molar-refractivity contribution in [1.29, 1.82) is 0 Å². The van der Waals surface area contributed by atoms with Crippen LogP contribution in [0.25, 0.3) is 32.3 Å². The van der Waals surface area contributed by atoms with Gasteiger partial charge in [0.15, 0.2) is 6.79 Å². The minimum Gasteiger partial charge on any atom is -0.467 e. The van der Waals surface area contributed by atoms with E-state index < -0.39 is 0 Å². The summed E-state index contributed by atoms with van der Waals surface area (Å²) in [6, 6.07) is 18.7. The Kier molecular flexibility index (Phi) is 2.14. The predicted octanol–water partition coefficient (Wildman–Crippen LogP) is 3.91. The van der Waals surface area contributed by atoms with Crippen LogP contribution in [-0.4, -0.2) is 11.9 Å². The second kappa shape index (κ2) is 3.84. The van der Waals surface area contributed by atoms with Crippen molar-refractivity contribution < 1.29 is 9.84 Å². The van der Waals surface area contributed by atoms with Gasteiger partial charge in [-0.2, -0.15) is 0 Å². The molecule has 0 amide bonds. The average Bonchev–Trinajstić information content (AvgIpc) is 2.46. The van der Waals surface area contributed by atoms with Crippen LogP contribution >= 0.6 is 0 Å². The van der Waals surface area contributed by atoms with E-state index in [1.54, 1.807) is 0 Å². The summed E-state index contributed by atoms with van der Waals surface area (Å²) in [6.07, 6.45) is 0. The standard InChI is InChI=1S/C17H12O2/c18-10-19-15-9-7-13-5-4-11-2-1-3-12-6-8-14(15)17(13)16(11)12/h1-9,18H,10H2. The van der Waals surface area contributed by atoms with Crippen molar-refractivity contribution in [3.05, 3.63) is 54.6 Å². The van der Waals surface area contributed by atoms with Gasteiger partial charge in [0.25, 0.3) is 0 Å². The summed E-state index contributed by atoms with van der Waals surface area (Å²) >= 11 is 0. The molecule has 0 spiro atoms. The fraction of sp³-hybridized carbons (Fsp3) is 0.0588. The number of hydrogen-bond donors (Lipinski definition) is 1. The van der Waals surface area contributed by atoms with Gasteiger partial charge in [-0.15, -0.1) is 0 Å². The first-order valence-electron chi connectivity index (χ1n) is 6.29. The van der Waals surface area contributed by atoms with Gasteiger partial charge in [-0.25, -0.2) is 0 Å². The van der Waals surface area contributed by atoms with Crippen molar-refractivity contribution in [2.45, 2.75) is 0 Å². The highest BCUT2D eigenvalue weighted by Crippen LogP contribution is 2.38. The number of aliphatic hydroxyl groups excluding tert-OH is 1. The lowest BCUT2D eigenvalue weighted by atomic mass is 9.94. The van der Waals surface area contributed by atoms with Crippen LogP contribution < -0.4 is 4.74 Å². The van der Waals surface area contributed by atoms with E-state index in [0.29, 0.717) is 0 Å². The minimum atomic E-state index is -0.302. The zero-order valence-electron chi connectivity index (χ0n) is 10.3. The minimum absolute atomic E-state index is 0.302. The lowest BCUT2D eigenvalue weighted by Crippen LogP contribution is -1.95. The molecule has 0 saturated heterocycles. The maximum atomic E-state index is 8.99. The van der Waals surface area contributed by atoms with Crippen LogP contribution in [0.5, 0.6) is 5.75 Å². The summed E-state index contributed by atoms with van der Waals surface area (Å²) in [5.74, 6) is 0.730. The summed E-state index contributed by atoms with van der Waals surface area (Å²) in [5.41, 5.74) is 0. The number of benzene rings is 4. The molecule has 0 bridgehead atoms. The highest BCUT2D eigenvalue weighted by atomic mass is 16.6. The summed E-state index contributed by atoms with van der Waals surface area (Å²) in [7, 11) is 0. The zero-order chi connectivity index (χ0) is 12.8. The van der Waals surface area contributed by atoms with Gasteiger partial charge in [-0.1, -0.05) is 42.5 Å². The Balaban J connectivity index is 2.28. The molecule has 92 valence electrons. The Morgan fingerprint density at radius 1 is 0.737 bits per heavy atom. The molecule has 0 radical (unpaired) electrons. The smallest absolute Gasteiger partial charge is 0.186 e. The normalized spacial score (nSPS) is 11.6. The van der Waals surface area contributed by atoms with Crippen LogP contribution in [0, 0.1) is 0 Å². The third kappa shape index (κ3) is 1.41. The lowest BCUT2D eigenvalue weighted by molar-refractivity contribution is 0.100. The third-order valence-electron chi connectivity index (χ3n) is 3.71. The predicted molar refractivity (Wildman–Crippen MR) is 77.9 cm³/mol. The number of hydrogen-bond acceptors (Lipinski definition) is 2. The zero-order valence-corrected chi connectivity index (χ0v) is 10.3. The molecule has 0 aliphatic rings. The lowest BCUT2D eigenvalue weighted by Gasteiger charge is -2.13. The van der Waals surface area contributed by atoms with Crippen molar-refractivity contribution in [1.82, 2.24) is 0 Å². The molecule has 4 aromatic carbocycles. The van der Waals surface area contributed by atoms with Crippen molar-refractivity contribution in [2.24, 2.45) is 0 Å². The second-order valence-electron chi connectivity index (χ2n) is 4.69. The molecule has 0 aliphatic heterocycles. The van der Waals surface area contributed by atoms with Gasteiger partial charge in [-0.3, -0.25) is 0 Å². The maximum Gasteiger partial charge on any atom is 0.186 e. The molecule has 0 aromatic heterocycles. The van der Waals surface area contributed by atoms with Crippen LogP contribution in [0.2, 0.25) is 0 Å². The number of ether oxygens (including phenoxy) is 1. The first-order valence-corrected chi connectivity index (χ1v) is 6.29. The van der Waals surface area contributed by atoms with Crippen LogP contribution in [0.15, 0.2) is 54.6 Å². The van der Waals surface area contributed by atoms with Crippen LogP contribution in [0.3, 0.4) is 0 Å². The van der Waals surface area contributed by atoms with E-state index in [9.17, 15) is 0 Å². The number of aliphatic hydroxyl groups is 1. The molecule has 0 heterocycles. The molecule has 0 saturated carbocycles. The monoisotopic (exact) mass is 248 g/mol. The van der Waals surface area contributed by atoms with Crippen molar-refractivity contribution in [2.75, 3.05) is 6.79 Å². The molecule has 2 nitrogen and oxygen atoms in total. The van der Waals surface area contributed by atoms with Gasteiger partial charge in [0, 0.05) is 10.8 Å². The van der Waals surface area contributed by atoms with E-state index in [0.717, 1.165) is 11.1 Å². The highest BCUT2D eigenvalue weighted by molar-refractivity contribution is 6.24. The quantitative estimate of drug-likeness (QED) is 0.430. The summed E-state index contributed by atoms with van der Waals surface area (Å²) in [4.78, 5) is 0. The fourth-order valence-corrected chi connectivity index (χ4v) is 2.90. The Bertz CT molecular complexity index is 864. The van der Waals surface area contributed by atoms with E-state index in [-0.39, 0.29) is 6.79 Å². The average molecular weight is 248 g/mol. The van der Waals surface area contributed by atoms with Gasteiger partial charge in [0.05, 0.1) is 0 Å². The molecule has 0 aliphatic carbocycles. The van der Waals surface area contributed by atoms with Crippen molar-refractivity contribution in [3.8, 4) is 5.75 Å². The molecular formula is C17H12O2. The Labute approximate surface area is 110 Å².